The fourth-order valence-electron chi connectivity index (χ4n) is 2.23. The largest absolute Gasteiger partial charge is 0.377 e. The Balaban J connectivity index is 2.30. The van der Waals surface area contributed by atoms with Gasteiger partial charge in [0.15, 0.2) is 0 Å². The van der Waals surface area contributed by atoms with Crippen molar-refractivity contribution in [3.05, 3.63) is 34.3 Å². The van der Waals surface area contributed by atoms with Crippen LogP contribution in [0.15, 0.2) is 18.2 Å². The van der Waals surface area contributed by atoms with Crippen LogP contribution < -0.4 is 5.73 Å². The highest BCUT2D eigenvalue weighted by Crippen LogP contribution is 2.31. The van der Waals surface area contributed by atoms with Crippen LogP contribution in [0.5, 0.6) is 0 Å². The van der Waals surface area contributed by atoms with Gasteiger partial charge >= 0.3 is 0 Å². The first-order chi connectivity index (χ1) is 7.19. The molecule has 0 spiro atoms. The normalized spacial score (nSPS) is 25.0. The molecule has 3 heteroatoms. The van der Waals surface area contributed by atoms with Gasteiger partial charge in [-0.05, 0) is 36.1 Å². The molecule has 1 aliphatic rings. The minimum atomic E-state index is -0.166. The van der Waals surface area contributed by atoms with Crippen molar-refractivity contribution in [2.45, 2.75) is 24.9 Å². The topological polar surface area (TPSA) is 35.2 Å². The summed E-state index contributed by atoms with van der Waals surface area (Å²) in [7, 11) is 1.74. The lowest BCUT2D eigenvalue weighted by molar-refractivity contribution is -0.0134. The van der Waals surface area contributed by atoms with Crippen LogP contribution in [0, 0.1) is 0 Å². The van der Waals surface area contributed by atoms with E-state index in [-0.39, 0.29) is 5.60 Å². The van der Waals surface area contributed by atoms with E-state index >= 15 is 0 Å². The first-order valence-electron chi connectivity index (χ1n) is 5.22. The number of methoxy groups -OCH3 is 1. The summed E-state index contributed by atoms with van der Waals surface area (Å²) in [4.78, 5) is 0. The Morgan fingerprint density at radius 2 is 2.27 bits per heavy atom. The highest BCUT2D eigenvalue weighted by atomic mass is 35.5. The van der Waals surface area contributed by atoms with Crippen molar-refractivity contribution >= 4 is 11.6 Å². The summed E-state index contributed by atoms with van der Waals surface area (Å²) in [6.07, 6.45) is 2.88. The number of hydrogen-bond donors (Lipinski definition) is 1. The fourth-order valence-corrected chi connectivity index (χ4v) is 2.42. The Kier molecular flexibility index (Phi) is 3.01. The predicted octanol–water partition coefficient (Wildman–Crippen LogP) is 2.17. The Morgan fingerprint density at radius 3 is 2.93 bits per heavy atom. The zero-order valence-corrected chi connectivity index (χ0v) is 9.68. The monoisotopic (exact) mass is 225 g/mol. The molecule has 1 atom stereocenters. The van der Waals surface area contributed by atoms with Gasteiger partial charge in [-0.2, -0.15) is 0 Å². The van der Waals surface area contributed by atoms with E-state index < -0.39 is 0 Å². The van der Waals surface area contributed by atoms with Gasteiger partial charge < -0.3 is 10.5 Å². The molecule has 0 aliphatic heterocycles. The molecule has 0 heterocycles. The summed E-state index contributed by atoms with van der Waals surface area (Å²) in [5.74, 6) is 0. The molecule has 0 amide bonds. The SMILES string of the molecule is COC1(CN)CCc2cc(Cl)ccc2C1. The molecule has 1 unspecified atom stereocenters. The number of rotatable bonds is 2. The summed E-state index contributed by atoms with van der Waals surface area (Å²) < 4.78 is 5.56. The molecule has 1 aliphatic carbocycles. The first-order valence-corrected chi connectivity index (χ1v) is 5.59. The van der Waals surface area contributed by atoms with E-state index in [9.17, 15) is 0 Å². The van der Waals surface area contributed by atoms with E-state index in [2.05, 4.69) is 6.07 Å². The van der Waals surface area contributed by atoms with Crippen LogP contribution in [-0.2, 0) is 17.6 Å². The van der Waals surface area contributed by atoms with Crippen LogP contribution in [0.3, 0.4) is 0 Å². The van der Waals surface area contributed by atoms with Gasteiger partial charge in [0.1, 0.15) is 0 Å². The third-order valence-corrected chi connectivity index (χ3v) is 3.57. The highest BCUT2D eigenvalue weighted by molar-refractivity contribution is 6.30. The van der Waals surface area contributed by atoms with Gasteiger partial charge in [-0.1, -0.05) is 17.7 Å². The van der Waals surface area contributed by atoms with Gasteiger partial charge in [0, 0.05) is 25.1 Å². The van der Waals surface area contributed by atoms with Crippen molar-refractivity contribution < 1.29 is 4.74 Å². The molecule has 0 aromatic heterocycles. The molecule has 0 saturated heterocycles. The van der Waals surface area contributed by atoms with Crippen molar-refractivity contribution in [2.24, 2.45) is 5.73 Å². The van der Waals surface area contributed by atoms with Crippen LogP contribution in [0.4, 0.5) is 0 Å². The summed E-state index contributed by atoms with van der Waals surface area (Å²) >= 11 is 5.96. The van der Waals surface area contributed by atoms with Gasteiger partial charge in [0.05, 0.1) is 5.60 Å². The van der Waals surface area contributed by atoms with E-state index in [4.69, 9.17) is 22.1 Å². The summed E-state index contributed by atoms with van der Waals surface area (Å²) in [5, 5.41) is 0.811. The number of hydrogen-bond acceptors (Lipinski definition) is 2. The third kappa shape index (κ3) is 2.03. The zero-order valence-electron chi connectivity index (χ0n) is 8.92. The standard InChI is InChI=1S/C12H16ClNO/c1-15-12(8-14)5-4-9-6-11(13)3-2-10(9)7-12/h2-3,6H,4-5,7-8,14H2,1H3. The number of halogens is 1. The van der Waals surface area contributed by atoms with E-state index in [0.29, 0.717) is 6.54 Å². The molecular formula is C12H16ClNO. The van der Waals surface area contributed by atoms with Crippen molar-refractivity contribution in [3.8, 4) is 0 Å². The van der Waals surface area contributed by atoms with Crippen molar-refractivity contribution in [2.75, 3.05) is 13.7 Å². The Morgan fingerprint density at radius 1 is 1.47 bits per heavy atom. The molecule has 0 fully saturated rings. The molecule has 2 N–H and O–H groups in total. The quantitative estimate of drug-likeness (QED) is 0.838. The summed E-state index contributed by atoms with van der Waals surface area (Å²) in [5.41, 5.74) is 8.27. The minimum absolute atomic E-state index is 0.166. The molecule has 82 valence electrons. The maximum atomic E-state index is 5.96. The summed E-state index contributed by atoms with van der Waals surface area (Å²) in [6.45, 7) is 0.575. The lowest BCUT2D eigenvalue weighted by Crippen LogP contribution is -2.44. The van der Waals surface area contributed by atoms with Crippen LogP contribution in [-0.4, -0.2) is 19.3 Å². The van der Waals surface area contributed by atoms with E-state index in [0.717, 1.165) is 24.3 Å². The minimum Gasteiger partial charge on any atom is -0.377 e. The van der Waals surface area contributed by atoms with Crippen molar-refractivity contribution in [3.63, 3.8) is 0 Å². The molecule has 15 heavy (non-hydrogen) atoms. The van der Waals surface area contributed by atoms with Crippen LogP contribution in [0.25, 0.3) is 0 Å². The lowest BCUT2D eigenvalue weighted by atomic mass is 9.80. The van der Waals surface area contributed by atoms with E-state index in [1.165, 1.54) is 11.1 Å². The number of ether oxygens (including phenoxy) is 1. The fraction of sp³-hybridized carbons (Fsp3) is 0.500. The van der Waals surface area contributed by atoms with Gasteiger partial charge in [-0.15, -0.1) is 0 Å². The van der Waals surface area contributed by atoms with Gasteiger partial charge in [-0.25, -0.2) is 0 Å². The first kappa shape index (κ1) is 10.9. The van der Waals surface area contributed by atoms with Crippen LogP contribution >= 0.6 is 11.6 Å². The molecule has 0 saturated carbocycles. The highest BCUT2D eigenvalue weighted by Gasteiger charge is 2.32. The zero-order chi connectivity index (χ0) is 10.9. The van der Waals surface area contributed by atoms with E-state index in [1.807, 2.05) is 12.1 Å². The van der Waals surface area contributed by atoms with Crippen molar-refractivity contribution in [1.29, 1.82) is 0 Å². The molecule has 2 nitrogen and oxygen atoms in total. The number of fused-ring (bicyclic) bond motifs is 1. The molecule has 1 aromatic rings. The second-order valence-electron chi connectivity index (χ2n) is 4.18. The maximum absolute atomic E-state index is 5.96. The van der Waals surface area contributed by atoms with Gasteiger partial charge in [0.25, 0.3) is 0 Å². The van der Waals surface area contributed by atoms with Gasteiger partial charge in [0.2, 0.25) is 0 Å². The average Bonchev–Trinajstić information content (AvgIpc) is 2.28. The van der Waals surface area contributed by atoms with Gasteiger partial charge in [-0.3, -0.25) is 0 Å². The molecule has 0 bridgehead atoms. The van der Waals surface area contributed by atoms with E-state index in [1.54, 1.807) is 7.11 Å². The second kappa shape index (κ2) is 4.12. The number of benzene rings is 1. The molecular weight excluding hydrogens is 210 g/mol. The average molecular weight is 226 g/mol. The Bertz CT molecular complexity index is 361. The molecule has 0 radical (unpaired) electrons. The third-order valence-electron chi connectivity index (χ3n) is 3.34. The second-order valence-corrected chi connectivity index (χ2v) is 4.62. The Labute approximate surface area is 95.4 Å². The molecule has 1 aromatic carbocycles. The summed E-state index contributed by atoms with van der Waals surface area (Å²) in [6, 6.07) is 6.07. The predicted molar refractivity (Wildman–Crippen MR) is 62.3 cm³/mol. The van der Waals surface area contributed by atoms with Crippen molar-refractivity contribution in [1.82, 2.24) is 0 Å². The number of nitrogens with two attached hydrogens (primary N) is 1. The maximum Gasteiger partial charge on any atom is 0.0843 e. The van der Waals surface area contributed by atoms with Crippen LogP contribution in [0.1, 0.15) is 17.5 Å². The smallest absolute Gasteiger partial charge is 0.0843 e. The Hall–Kier alpha value is -0.570. The van der Waals surface area contributed by atoms with Crippen LogP contribution in [0.2, 0.25) is 5.02 Å². The lowest BCUT2D eigenvalue weighted by Gasteiger charge is -2.36. The number of aryl methyl sites for hydroxylation is 1. The molecule has 2 rings (SSSR count).